The van der Waals surface area contributed by atoms with Crippen molar-refractivity contribution in [3.8, 4) is 5.95 Å². The lowest BCUT2D eigenvalue weighted by Gasteiger charge is -1.98. The predicted molar refractivity (Wildman–Crippen MR) is 61.0 cm³/mol. The molecular formula is C13H16O3. The first-order valence-electron chi connectivity index (χ1n) is 5.60. The van der Waals surface area contributed by atoms with Crippen LogP contribution in [0.5, 0.6) is 5.95 Å². The zero-order chi connectivity index (χ0) is 11.5. The number of fused-ring (bicyclic) bond motifs is 1. The third-order valence-electron chi connectivity index (χ3n) is 2.94. The van der Waals surface area contributed by atoms with Crippen molar-refractivity contribution < 1.29 is 13.9 Å². The number of carbonyl (C=O) groups is 1. The van der Waals surface area contributed by atoms with E-state index in [0.29, 0.717) is 17.9 Å². The van der Waals surface area contributed by atoms with Crippen molar-refractivity contribution in [2.45, 2.75) is 32.1 Å². The smallest absolute Gasteiger partial charge is 0.295 e. The summed E-state index contributed by atoms with van der Waals surface area (Å²) in [5, 5.41) is 0. The van der Waals surface area contributed by atoms with Gasteiger partial charge in [0.15, 0.2) is 5.78 Å². The number of hydrogen-bond donors (Lipinski definition) is 0. The Kier molecular flexibility index (Phi) is 3.13. The molecule has 0 fully saturated rings. The second-order valence-corrected chi connectivity index (χ2v) is 3.97. The number of rotatable bonds is 5. The minimum atomic E-state index is 0.144. The number of allylic oxidation sites excluding steroid dienone is 1. The highest BCUT2D eigenvalue weighted by Crippen LogP contribution is 2.36. The van der Waals surface area contributed by atoms with Gasteiger partial charge in [-0.25, -0.2) is 0 Å². The molecule has 1 heterocycles. The van der Waals surface area contributed by atoms with Gasteiger partial charge in [0.1, 0.15) is 11.3 Å². The summed E-state index contributed by atoms with van der Waals surface area (Å²) in [6.07, 6.45) is 6.10. The van der Waals surface area contributed by atoms with Crippen molar-refractivity contribution in [3.63, 3.8) is 0 Å². The summed E-state index contributed by atoms with van der Waals surface area (Å²) in [5.74, 6) is 1.45. The molecule has 0 radical (unpaired) electrons. The van der Waals surface area contributed by atoms with Gasteiger partial charge >= 0.3 is 0 Å². The van der Waals surface area contributed by atoms with Crippen LogP contribution in [0.25, 0.3) is 0 Å². The molecule has 0 aromatic carbocycles. The summed E-state index contributed by atoms with van der Waals surface area (Å²) in [5.41, 5.74) is 1.74. The van der Waals surface area contributed by atoms with Gasteiger partial charge in [-0.1, -0.05) is 6.08 Å². The minimum absolute atomic E-state index is 0.144. The second kappa shape index (κ2) is 4.56. The molecule has 0 N–H and O–H groups in total. The molecule has 86 valence electrons. The Morgan fingerprint density at radius 2 is 2.31 bits per heavy atom. The van der Waals surface area contributed by atoms with E-state index < -0.39 is 0 Å². The molecular weight excluding hydrogens is 204 g/mol. The summed E-state index contributed by atoms with van der Waals surface area (Å²) in [7, 11) is 1.54. The average Bonchev–Trinajstić information content (AvgIpc) is 2.82. The lowest BCUT2D eigenvalue weighted by atomic mass is 10.1. The van der Waals surface area contributed by atoms with Crippen molar-refractivity contribution in [1.29, 1.82) is 0 Å². The number of hydrogen-bond acceptors (Lipinski definition) is 3. The number of unbranched alkanes of at least 4 members (excludes halogenated alkanes) is 1. The molecule has 1 aromatic heterocycles. The molecule has 2 rings (SSSR count). The Morgan fingerprint density at radius 3 is 3.00 bits per heavy atom. The molecule has 1 aliphatic rings. The van der Waals surface area contributed by atoms with Crippen molar-refractivity contribution in [3.05, 3.63) is 29.5 Å². The highest BCUT2D eigenvalue weighted by atomic mass is 16.6. The zero-order valence-corrected chi connectivity index (χ0v) is 9.54. The standard InChI is InChI=1S/C13H16O3/c1-3-4-5-6-11-9-7-8-10(14)12(9)13(15-2)16-11/h3H,1,4-8H2,2H3. The van der Waals surface area contributed by atoms with E-state index in [2.05, 4.69) is 6.58 Å². The normalized spacial score (nSPS) is 13.9. The van der Waals surface area contributed by atoms with Gasteiger partial charge in [0.25, 0.3) is 5.95 Å². The van der Waals surface area contributed by atoms with Gasteiger partial charge in [-0.15, -0.1) is 6.58 Å². The maximum atomic E-state index is 11.6. The van der Waals surface area contributed by atoms with E-state index in [1.807, 2.05) is 6.08 Å². The highest BCUT2D eigenvalue weighted by Gasteiger charge is 2.31. The van der Waals surface area contributed by atoms with E-state index in [4.69, 9.17) is 9.15 Å². The molecule has 3 heteroatoms. The first kappa shape index (κ1) is 11.0. The number of methoxy groups -OCH3 is 1. The van der Waals surface area contributed by atoms with Crippen molar-refractivity contribution in [2.24, 2.45) is 0 Å². The Labute approximate surface area is 95.1 Å². The number of aryl methyl sites for hydroxylation is 1. The number of furan rings is 1. The zero-order valence-electron chi connectivity index (χ0n) is 9.54. The van der Waals surface area contributed by atoms with Crippen LogP contribution in [0.3, 0.4) is 0 Å². The van der Waals surface area contributed by atoms with Crippen LogP contribution in [0.4, 0.5) is 0 Å². The summed E-state index contributed by atoms with van der Waals surface area (Å²) in [4.78, 5) is 11.6. The Bertz CT molecular complexity index is 415. The summed E-state index contributed by atoms with van der Waals surface area (Å²) < 4.78 is 10.7. The van der Waals surface area contributed by atoms with Crippen LogP contribution in [0.15, 0.2) is 17.1 Å². The Morgan fingerprint density at radius 1 is 1.50 bits per heavy atom. The van der Waals surface area contributed by atoms with Gasteiger partial charge in [0.05, 0.1) is 7.11 Å². The van der Waals surface area contributed by atoms with Gasteiger partial charge < -0.3 is 9.15 Å². The van der Waals surface area contributed by atoms with Crippen molar-refractivity contribution in [1.82, 2.24) is 0 Å². The molecule has 0 amide bonds. The molecule has 0 aliphatic heterocycles. The molecule has 1 aromatic rings. The predicted octanol–water partition coefficient (Wildman–Crippen LogP) is 2.93. The van der Waals surface area contributed by atoms with Crippen LogP contribution in [0.1, 0.15) is 40.9 Å². The monoisotopic (exact) mass is 220 g/mol. The quantitative estimate of drug-likeness (QED) is 0.565. The number of Topliss-reactive ketones (excluding diaryl/α,β-unsaturated/α-hetero) is 1. The first-order chi connectivity index (χ1) is 7.77. The van der Waals surface area contributed by atoms with Crippen LogP contribution in [0, 0.1) is 0 Å². The summed E-state index contributed by atoms with van der Waals surface area (Å²) >= 11 is 0. The van der Waals surface area contributed by atoms with Gasteiger partial charge in [0, 0.05) is 18.4 Å². The van der Waals surface area contributed by atoms with E-state index in [1.54, 1.807) is 0 Å². The summed E-state index contributed by atoms with van der Waals surface area (Å²) in [6, 6.07) is 0. The van der Waals surface area contributed by atoms with Crippen molar-refractivity contribution in [2.75, 3.05) is 7.11 Å². The van der Waals surface area contributed by atoms with Crippen LogP contribution in [-0.2, 0) is 12.8 Å². The topological polar surface area (TPSA) is 39.4 Å². The van der Waals surface area contributed by atoms with Gasteiger partial charge in [-0.3, -0.25) is 4.79 Å². The lowest BCUT2D eigenvalue weighted by molar-refractivity contribution is 0.0988. The molecule has 0 unspecified atom stereocenters. The molecule has 0 bridgehead atoms. The second-order valence-electron chi connectivity index (χ2n) is 3.97. The van der Waals surface area contributed by atoms with E-state index in [0.717, 1.165) is 37.0 Å². The van der Waals surface area contributed by atoms with E-state index in [9.17, 15) is 4.79 Å². The maximum absolute atomic E-state index is 11.6. The van der Waals surface area contributed by atoms with Crippen LogP contribution < -0.4 is 4.74 Å². The molecule has 0 spiro atoms. The lowest BCUT2D eigenvalue weighted by Crippen LogP contribution is -1.92. The van der Waals surface area contributed by atoms with Gasteiger partial charge in [-0.05, 0) is 19.3 Å². The number of carbonyl (C=O) groups excluding carboxylic acids is 1. The van der Waals surface area contributed by atoms with Crippen molar-refractivity contribution >= 4 is 5.78 Å². The molecule has 16 heavy (non-hydrogen) atoms. The van der Waals surface area contributed by atoms with E-state index >= 15 is 0 Å². The minimum Gasteiger partial charge on any atom is -0.468 e. The maximum Gasteiger partial charge on any atom is 0.295 e. The van der Waals surface area contributed by atoms with Crippen LogP contribution in [0.2, 0.25) is 0 Å². The van der Waals surface area contributed by atoms with E-state index in [1.165, 1.54) is 7.11 Å². The fourth-order valence-electron chi connectivity index (χ4n) is 2.15. The number of ether oxygens (including phenoxy) is 1. The van der Waals surface area contributed by atoms with Crippen LogP contribution in [-0.4, -0.2) is 12.9 Å². The third-order valence-corrected chi connectivity index (χ3v) is 2.94. The number of ketones is 1. The fourth-order valence-corrected chi connectivity index (χ4v) is 2.15. The SMILES string of the molecule is C=CCCCc1oc(OC)c2c1CCC2=O. The largest absolute Gasteiger partial charge is 0.468 e. The summed E-state index contributed by atoms with van der Waals surface area (Å²) in [6.45, 7) is 3.69. The first-order valence-corrected chi connectivity index (χ1v) is 5.60. The highest BCUT2D eigenvalue weighted by molar-refractivity contribution is 6.02. The third kappa shape index (κ3) is 1.77. The Balaban J connectivity index is 2.23. The van der Waals surface area contributed by atoms with Gasteiger partial charge in [-0.2, -0.15) is 0 Å². The Hall–Kier alpha value is -1.51. The van der Waals surface area contributed by atoms with Gasteiger partial charge in [0.2, 0.25) is 0 Å². The molecule has 0 saturated carbocycles. The molecule has 1 aliphatic carbocycles. The molecule has 0 saturated heterocycles. The van der Waals surface area contributed by atoms with E-state index in [-0.39, 0.29) is 5.78 Å². The molecule has 3 nitrogen and oxygen atoms in total. The average molecular weight is 220 g/mol. The van der Waals surface area contributed by atoms with Crippen LogP contribution >= 0.6 is 0 Å². The fraction of sp³-hybridized carbons (Fsp3) is 0.462. The molecule has 0 atom stereocenters.